The second-order valence-corrected chi connectivity index (χ2v) is 9.05. The molecule has 0 spiro atoms. The number of aromatic nitrogens is 2. The Morgan fingerprint density at radius 1 is 1.09 bits per heavy atom. The van der Waals surface area contributed by atoms with Crippen LogP contribution in [0.3, 0.4) is 0 Å². The second kappa shape index (κ2) is 9.94. The lowest BCUT2D eigenvalue weighted by Gasteiger charge is -2.32. The van der Waals surface area contributed by atoms with E-state index >= 15 is 0 Å². The first kappa shape index (κ1) is 22.0. The maximum absolute atomic E-state index is 12.8. The van der Waals surface area contributed by atoms with Gasteiger partial charge in [-0.2, -0.15) is 0 Å². The monoisotopic (exact) mass is 428 g/mol. The van der Waals surface area contributed by atoms with E-state index in [2.05, 4.69) is 77.6 Å². The minimum atomic E-state index is -0.0306. The summed E-state index contributed by atoms with van der Waals surface area (Å²) in [5.74, 6) is 1.44. The molecule has 0 aliphatic carbocycles. The van der Waals surface area contributed by atoms with Crippen LogP contribution in [-0.4, -0.2) is 29.2 Å². The lowest BCUT2D eigenvalue weighted by atomic mass is 9.97. The first-order valence-corrected chi connectivity index (χ1v) is 11.5. The van der Waals surface area contributed by atoms with Crippen molar-refractivity contribution in [2.45, 2.75) is 46.1 Å². The lowest BCUT2D eigenvalue weighted by Crippen LogP contribution is -2.43. The third kappa shape index (κ3) is 5.34. The molecule has 166 valence electrons. The molecule has 0 saturated carbocycles. The number of anilines is 1. The fraction of sp³-hybridized carbons (Fsp3) is 0.370. The predicted molar refractivity (Wildman–Crippen MR) is 130 cm³/mol. The molecule has 0 unspecified atom stereocenters. The molecular formula is C27H32N4O. The standard InChI is InChI=1S/C27H32N4O/c1-19(2)22-11-9-21(10-12-22)17-28-27(32)24-8-5-15-31(18-24)26-14-13-25(29-30-26)23-7-4-6-20(3)16-23/h4,6-7,9-14,16,19,24H,5,8,15,17-18H2,1-3H3,(H,28,32)/t24-/m1/s1. The highest BCUT2D eigenvalue weighted by atomic mass is 16.1. The predicted octanol–water partition coefficient (Wildman–Crippen LogP) is 5.11. The van der Waals surface area contributed by atoms with E-state index in [0.717, 1.165) is 42.0 Å². The molecule has 4 rings (SSSR count). The van der Waals surface area contributed by atoms with Crippen molar-refractivity contribution in [2.75, 3.05) is 18.0 Å². The van der Waals surface area contributed by atoms with Gasteiger partial charge in [0.1, 0.15) is 0 Å². The van der Waals surface area contributed by atoms with E-state index in [1.165, 1.54) is 11.1 Å². The molecule has 1 N–H and O–H groups in total. The number of aryl methyl sites for hydroxylation is 1. The molecule has 1 fully saturated rings. The minimum absolute atomic E-state index is 0.0306. The maximum Gasteiger partial charge on any atom is 0.225 e. The lowest BCUT2D eigenvalue weighted by molar-refractivity contribution is -0.125. The van der Waals surface area contributed by atoms with Gasteiger partial charge in [0.2, 0.25) is 5.91 Å². The Bertz CT molecular complexity index is 1040. The largest absolute Gasteiger partial charge is 0.354 e. The van der Waals surface area contributed by atoms with Gasteiger partial charge in [0, 0.05) is 25.2 Å². The van der Waals surface area contributed by atoms with Crippen molar-refractivity contribution in [3.63, 3.8) is 0 Å². The molecule has 1 aromatic heterocycles. The molecule has 0 bridgehead atoms. The topological polar surface area (TPSA) is 58.1 Å². The SMILES string of the molecule is Cc1cccc(-c2ccc(N3CCC[C@@H](C(=O)NCc4ccc(C(C)C)cc4)C3)nn2)c1. The molecule has 1 saturated heterocycles. The highest BCUT2D eigenvalue weighted by Crippen LogP contribution is 2.24. The number of benzene rings is 2. The number of carbonyl (C=O) groups excluding carboxylic acids is 1. The van der Waals surface area contributed by atoms with E-state index in [0.29, 0.717) is 19.0 Å². The summed E-state index contributed by atoms with van der Waals surface area (Å²) in [5.41, 5.74) is 5.59. The van der Waals surface area contributed by atoms with Gasteiger partial charge in [0.15, 0.2) is 5.82 Å². The fourth-order valence-corrected chi connectivity index (χ4v) is 4.21. The number of nitrogens with zero attached hydrogens (tertiary/aromatic N) is 3. The van der Waals surface area contributed by atoms with Crippen LogP contribution in [0, 0.1) is 12.8 Å². The van der Waals surface area contributed by atoms with Crippen LogP contribution in [0.15, 0.2) is 60.7 Å². The highest BCUT2D eigenvalue weighted by Gasteiger charge is 2.26. The number of nitrogens with one attached hydrogen (secondary N) is 1. The van der Waals surface area contributed by atoms with Crippen LogP contribution in [0.5, 0.6) is 0 Å². The van der Waals surface area contributed by atoms with Gasteiger partial charge in [0.25, 0.3) is 0 Å². The van der Waals surface area contributed by atoms with Gasteiger partial charge in [-0.3, -0.25) is 4.79 Å². The molecule has 2 aromatic carbocycles. The summed E-state index contributed by atoms with van der Waals surface area (Å²) in [5, 5.41) is 12.0. The number of amides is 1. The quantitative estimate of drug-likeness (QED) is 0.593. The molecule has 32 heavy (non-hydrogen) atoms. The number of piperidine rings is 1. The van der Waals surface area contributed by atoms with Gasteiger partial charge in [-0.25, -0.2) is 0 Å². The summed E-state index contributed by atoms with van der Waals surface area (Å²) in [6, 6.07) is 20.8. The van der Waals surface area contributed by atoms with Crippen LogP contribution in [0.1, 0.15) is 49.3 Å². The smallest absolute Gasteiger partial charge is 0.225 e. The Labute approximate surface area is 190 Å². The van der Waals surface area contributed by atoms with E-state index < -0.39 is 0 Å². The van der Waals surface area contributed by atoms with Crippen LogP contribution < -0.4 is 10.2 Å². The Morgan fingerprint density at radius 2 is 1.91 bits per heavy atom. The van der Waals surface area contributed by atoms with E-state index in [1.54, 1.807) is 0 Å². The number of rotatable bonds is 6. The van der Waals surface area contributed by atoms with Crippen LogP contribution in [0.2, 0.25) is 0 Å². The van der Waals surface area contributed by atoms with Gasteiger partial charge in [-0.05, 0) is 55.0 Å². The first-order valence-electron chi connectivity index (χ1n) is 11.5. The van der Waals surface area contributed by atoms with Crippen LogP contribution in [-0.2, 0) is 11.3 Å². The zero-order chi connectivity index (χ0) is 22.5. The number of hydrogen-bond donors (Lipinski definition) is 1. The Balaban J connectivity index is 1.35. The van der Waals surface area contributed by atoms with E-state index in [9.17, 15) is 4.79 Å². The fourth-order valence-electron chi connectivity index (χ4n) is 4.21. The summed E-state index contributed by atoms with van der Waals surface area (Å²) in [6.07, 6.45) is 1.88. The average molecular weight is 429 g/mol. The summed E-state index contributed by atoms with van der Waals surface area (Å²) < 4.78 is 0. The number of carbonyl (C=O) groups is 1. The molecule has 3 aromatic rings. The van der Waals surface area contributed by atoms with Gasteiger partial charge >= 0.3 is 0 Å². The van der Waals surface area contributed by atoms with Crippen molar-refractivity contribution >= 4 is 11.7 Å². The van der Waals surface area contributed by atoms with Crippen molar-refractivity contribution in [1.29, 1.82) is 0 Å². The van der Waals surface area contributed by atoms with Gasteiger partial charge in [-0.1, -0.05) is 61.9 Å². The van der Waals surface area contributed by atoms with Gasteiger partial charge in [-0.15, -0.1) is 10.2 Å². The van der Waals surface area contributed by atoms with Gasteiger partial charge < -0.3 is 10.2 Å². The summed E-state index contributed by atoms with van der Waals surface area (Å²) in [4.78, 5) is 15.0. The molecule has 2 heterocycles. The van der Waals surface area contributed by atoms with Gasteiger partial charge in [0.05, 0.1) is 11.6 Å². The molecule has 1 aliphatic rings. The molecule has 5 nitrogen and oxygen atoms in total. The van der Waals surface area contributed by atoms with Crippen molar-refractivity contribution in [1.82, 2.24) is 15.5 Å². The third-order valence-electron chi connectivity index (χ3n) is 6.19. The van der Waals surface area contributed by atoms with Crippen molar-refractivity contribution in [3.8, 4) is 11.3 Å². The zero-order valence-electron chi connectivity index (χ0n) is 19.2. The third-order valence-corrected chi connectivity index (χ3v) is 6.19. The second-order valence-electron chi connectivity index (χ2n) is 9.05. The number of hydrogen-bond acceptors (Lipinski definition) is 4. The van der Waals surface area contributed by atoms with Crippen molar-refractivity contribution in [3.05, 3.63) is 77.4 Å². The molecule has 5 heteroatoms. The van der Waals surface area contributed by atoms with E-state index in [-0.39, 0.29) is 11.8 Å². The summed E-state index contributed by atoms with van der Waals surface area (Å²) >= 11 is 0. The van der Waals surface area contributed by atoms with E-state index in [4.69, 9.17) is 0 Å². The maximum atomic E-state index is 12.8. The van der Waals surface area contributed by atoms with Crippen LogP contribution >= 0.6 is 0 Å². The molecule has 1 aliphatic heterocycles. The van der Waals surface area contributed by atoms with E-state index in [1.807, 2.05) is 24.3 Å². The Hall–Kier alpha value is -3.21. The minimum Gasteiger partial charge on any atom is -0.354 e. The molecule has 1 atom stereocenters. The molecular weight excluding hydrogens is 396 g/mol. The normalized spacial score (nSPS) is 16.2. The summed E-state index contributed by atoms with van der Waals surface area (Å²) in [7, 11) is 0. The van der Waals surface area contributed by atoms with Crippen molar-refractivity contribution < 1.29 is 4.79 Å². The Morgan fingerprint density at radius 3 is 2.59 bits per heavy atom. The first-order chi connectivity index (χ1) is 15.5. The molecule has 1 amide bonds. The van der Waals surface area contributed by atoms with Crippen LogP contribution in [0.25, 0.3) is 11.3 Å². The van der Waals surface area contributed by atoms with Crippen LogP contribution in [0.4, 0.5) is 5.82 Å². The molecule has 0 radical (unpaired) electrons. The zero-order valence-corrected chi connectivity index (χ0v) is 19.2. The average Bonchev–Trinajstić information content (AvgIpc) is 2.83. The summed E-state index contributed by atoms with van der Waals surface area (Å²) in [6.45, 7) is 8.59. The highest BCUT2D eigenvalue weighted by molar-refractivity contribution is 5.79. The Kier molecular flexibility index (Phi) is 6.84. The van der Waals surface area contributed by atoms with Crippen molar-refractivity contribution in [2.24, 2.45) is 5.92 Å².